The van der Waals surface area contributed by atoms with Crippen LogP contribution in [-0.4, -0.2) is 36.0 Å². The molecule has 9 heteroatoms. The van der Waals surface area contributed by atoms with Gasteiger partial charge in [0.05, 0.1) is 16.1 Å². The Morgan fingerprint density at radius 1 is 1.06 bits per heavy atom. The summed E-state index contributed by atoms with van der Waals surface area (Å²) in [5, 5.41) is 2.23. The fraction of sp³-hybridized carbons (Fsp3) is 0.458. The molecule has 0 saturated carbocycles. The summed E-state index contributed by atoms with van der Waals surface area (Å²) in [5.74, 6) is -0.546. The molecular formula is C24H26Cl2F4N2O. The minimum absolute atomic E-state index is 0. The van der Waals surface area contributed by atoms with Gasteiger partial charge in [-0.05, 0) is 68.0 Å². The monoisotopic (exact) mass is 504 g/mol. The van der Waals surface area contributed by atoms with Crippen molar-refractivity contribution in [2.24, 2.45) is 0 Å². The van der Waals surface area contributed by atoms with Crippen molar-refractivity contribution in [3.8, 4) is 0 Å². The molecule has 33 heavy (non-hydrogen) atoms. The highest BCUT2D eigenvalue weighted by Crippen LogP contribution is 2.40. The molecule has 0 aromatic heterocycles. The number of carbonyl (C=O) groups is 1. The smallest absolute Gasteiger partial charge is 0.350 e. The fourth-order valence-corrected chi connectivity index (χ4v) is 5.46. The van der Waals surface area contributed by atoms with Crippen molar-refractivity contribution in [1.29, 1.82) is 0 Å². The van der Waals surface area contributed by atoms with Gasteiger partial charge in [0.2, 0.25) is 0 Å². The van der Waals surface area contributed by atoms with E-state index in [2.05, 4.69) is 10.2 Å². The highest BCUT2D eigenvalue weighted by Gasteiger charge is 2.39. The van der Waals surface area contributed by atoms with E-state index in [1.165, 1.54) is 24.3 Å². The molecule has 2 heterocycles. The molecule has 2 aromatic rings. The van der Waals surface area contributed by atoms with Crippen molar-refractivity contribution in [3.05, 3.63) is 70.0 Å². The molecule has 2 saturated heterocycles. The number of benzene rings is 2. The van der Waals surface area contributed by atoms with Crippen molar-refractivity contribution < 1.29 is 22.4 Å². The van der Waals surface area contributed by atoms with Gasteiger partial charge < -0.3 is 5.32 Å². The van der Waals surface area contributed by atoms with E-state index in [4.69, 9.17) is 11.6 Å². The van der Waals surface area contributed by atoms with Crippen LogP contribution in [0.1, 0.15) is 59.5 Å². The Morgan fingerprint density at radius 2 is 1.79 bits per heavy atom. The van der Waals surface area contributed by atoms with Crippen LogP contribution in [0.5, 0.6) is 0 Å². The number of nitrogens with one attached hydrogen (secondary N) is 1. The van der Waals surface area contributed by atoms with Crippen LogP contribution >= 0.6 is 24.0 Å². The Kier molecular flexibility index (Phi) is 8.30. The summed E-state index contributed by atoms with van der Waals surface area (Å²) < 4.78 is 52.7. The number of halogens is 6. The molecule has 180 valence electrons. The SMILES string of the molecule is Cl.O=C(NCC1CCC(c2ccc(F)cc2)C2CCCCN12)c1cccc(C(F)(F)F)c1Cl. The Balaban J connectivity index is 0.00000306. The number of fused-ring (bicyclic) bond motifs is 1. The van der Waals surface area contributed by atoms with Crippen molar-refractivity contribution in [3.63, 3.8) is 0 Å². The van der Waals surface area contributed by atoms with Gasteiger partial charge in [-0.3, -0.25) is 9.69 Å². The molecule has 0 radical (unpaired) electrons. The van der Waals surface area contributed by atoms with Gasteiger partial charge >= 0.3 is 6.18 Å². The van der Waals surface area contributed by atoms with Crippen LogP contribution in [0.15, 0.2) is 42.5 Å². The molecule has 2 fully saturated rings. The third-order valence-electron chi connectivity index (χ3n) is 6.68. The minimum Gasteiger partial charge on any atom is -0.350 e. The molecule has 2 aliphatic heterocycles. The maximum Gasteiger partial charge on any atom is 0.417 e. The van der Waals surface area contributed by atoms with Gasteiger partial charge in [-0.2, -0.15) is 13.2 Å². The first-order valence-corrected chi connectivity index (χ1v) is 11.3. The molecule has 0 bridgehead atoms. The predicted octanol–water partition coefficient (Wildman–Crippen LogP) is 6.45. The minimum atomic E-state index is -4.62. The second-order valence-corrected chi connectivity index (χ2v) is 8.94. The molecule has 1 amide bonds. The summed E-state index contributed by atoms with van der Waals surface area (Å²) in [7, 11) is 0. The number of piperidine rings is 2. The molecule has 2 aromatic carbocycles. The lowest BCUT2D eigenvalue weighted by molar-refractivity contribution is -0.137. The first kappa shape index (κ1) is 25.8. The first-order valence-electron chi connectivity index (χ1n) is 10.9. The number of rotatable bonds is 4. The highest BCUT2D eigenvalue weighted by atomic mass is 35.5. The zero-order chi connectivity index (χ0) is 22.9. The third kappa shape index (κ3) is 5.64. The summed E-state index contributed by atoms with van der Waals surface area (Å²) in [6.07, 6.45) is 0.361. The zero-order valence-corrected chi connectivity index (χ0v) is 19.4. The van der Waals surface area contributed by atoms with E-state index in [0.29, 0.717) is 18.5 Å². The maximum absolute atomic E-state index is 13.4. The molecule has 0 spiro atoms. The average molecular weight is 505 g/mol. The third-order valence-corrected chi connectivity index (χ3v) is 7.09. The molecule has 4 rings (SSSR count). The van der Waals surface area contributed by atoms with Gasteiger partial charge in [-0.1, -0.05) is 36.2 Å². The second-order valence-electron chi connectivity index (χ2n) is 8.57. The topological polar surface area (TPSA) is 32.3 Å². The van der Waals surface area contributed by atoms with Crippen molar-refractivity contribution in [2.75, 3.05) is 13.1 Å². The summed E-state index contributed by atoms with van der Waals surface area (Å²) in [4.78, 5) is 15.1. The van der Waals surface area contributed by atoms with E-state index in [1.807, 2.05) is 12.1 Å². The lowest BCUT2D eigenvalue weighted by Gasteiger charge is -2.49. The number of hydrogen-bond donors (Lipinski definition) is 1. The normalized spacial score (nSPS) is 23.4. The van der Waals surface area contributed by atoms with Gasteiger partial charge in [0.25, 0.3) is 5.91 Å². The first-order chi connectivity index (χ1) is 15.3. The Hall–Kier alpha value is -1.83. The number of nitrogens with zero attached hydrogens (tertiary/aromatic N) is 1. The van der Waals surface area contributed by atoms with Crippen LogP contribution in [0.2, 0.25) is 5.02 Å². The van der Waals surface area contributed by atoms with Crippen LogP contribution in [-0.2, 0) is 6.18 Å². The molecular weight excluding hydrogens is 479 g/mol. The second kappa shape index (κ2) is 10.6. The van der Waals surface area contributed by atoms with Crippen molar-refractivity contribution >= 4 is 29.9 Å². The van der Waals surface area contributed by atoms with Gasteiger partial charge in [0, 0.05) is 18.6 Å². The number of hydrogen-bond acceptors (Lipinski definition) is 2. The van der Waals surface area contributed by atoms with Gasteiger partial charge in [0.1, 0.15) is 5.82 Å². The number of carbonyl (C=O) groups excluding carboxylic acids is 1. The summed E-state index contributed by atoms with van der Waals surface area (Å²) in [6, 6.07) is 10.5. The van der Waals surface area contributed by atoms with E-state index in [9.17, 15) is 22.4 Å². The van der Waals surface area contributed by atoms with E-state index in [-0.39, 0.29) is 29.8 Å². The summed E-state index contributed by atoms with van der Waals surface area (Å²) in [5.41, 5.74) is -0.0547. The average Bonchev–Trinajstić information content (AvgIpc) is 2.77. The number of alkyl halides is 3. The maximum atomic E-state index is 13.4. The molecule has 0 aliphatic carbocycles. The van der Waals surface area contributed by atoms with Gasteiger partial charge in [-0.15, -0.1) is 12.4 Å². The van der Waals surface area contributed by atoms with Crippen LogP contribution in [0.4, 0.5) is 17.6 Å². The van der Waals surface area contributed by atoms with Crippen LogP contribution in [0, 0.1) is 5.82 Å². The fourth-order valence-electron chi connectivity index (χ4n) is 5.15. The Bertz CT molecular complexity index is 968. The quantitative estimate of drug-likeness (QED) is 0.485. The van der Waals surface area contributed by atoms with Crippen molar-refractivity contribution in [1.82, 2.24) is 10.2 Å². The lowest BCUT2D eigenvalue weighted by atomic mass is 9.77. The van der Waals surface area contributed by atoms with Crippen LogP contribution in [0.25, 0.3) is 0 Å². The van der Waals surface area contributed by atoms with E-state index in [1.54, 1.807) is 0 Å². The largest absolute Gasteiger partial charge is 0.417 e. The van der Waals surface area contributed by atoms with Crippen LogP contribution < -0.4 is 5.32 Å². The highest BCUT2D eigenvalue weighted by molar-refractivity contribution is 6.34. The van der Waals surface area contributed by atoms with E-state index < -0.39 is 22.7 Å². The molecule has 3 unspecified atom stereocenters. The molecule has 1 N–H and O–H groups in total. The molecule has 3 atom stereocenters. The Labute approximate surface area is 201 Å². The van der Waals surface area contributed by atoms with Crippen molar-refractivity contribution in [2.45, 2.75) is 56.3 Å². The van der Waals surface area contributed by atoms with Gasteiger partial charge in [0.15, 0.2) is 0 Å². The van der Waals surface area contributed by atoms with E-state index in [0.717, 1.165) is 50.3 Å². The zero-order valence-electron chi connectivity index (χ0n) is 17.9. The number of amides is 1. The molecule has 3 nitrogen and oxygen atoms in total. The lowest BCUT2D eigenvalue weighted by Crippen LogP contribution is -2.55. The van der Waals surface area contributed by atoms with Crippen LogP contribution in [0.3, 0.4) is 0 Å². The van der Waals surface area contributed by atoms with Gasteiger partial charge in [-0.25, -0.2) is 4.39 Å². The standard InChI is InChI=1S/C24H25ClF4N2O.ClH/c25-22-19(4-3-5-20(22)24(27,28)29)23(32)30-14-17-11-12-18(15-7-9-16(26)10-8-15)21-6-1-2-13-31(17)21;/h3-5,7-10,17-18,21H,1-2,6,11-14H2,(H,30,32);1H. The predicted molar refractivity (Wildman–Crippen MR) is 123 cm³/mol. The summed E-state index contributed by atoms with van der Waals surface area (Å²) >= 11 is 5.90. The summed E-state index contributed by atoms with van der Waals surface area (Å²) in [6.45, 7) is 1.26. The molecule has 2 aliphatic rings. The van der Waals surface area contributed by atoms with E-state index >= 15 is 0 Å². The Morgan fingerprint density at radius 3 is 2.48 bits per heavy atom.